The van der Waals surface area contributed by atoms with Gasteiger partial charge in [-0.05, 0) is 30.9 Å². The molecule has 0 spiro atoms. The molecule has 2 rings (SSSR count). The molecule has 0 aliphatic heterocycles. The molecule has 1 aromatic rings. The van der Waals surface area contributed by atoms with Crippen molar-refractivity contribution in [1.29, 1.82) is 0 Å². The van der Waals surface area contributed by atoms with Gasteiger partial charge in [-0.2, -0.15) is 0 Å². The van der Waals surface area contributed by atoms with Gasteiger partial charge in [-0.15, -0.1) is 0 Å². The van der Waals surface area contributed by atoms with E-state index in [4.69, 9.17) is 20.2 Å². The molecule has 0 amide bonds. The van der Waals surface area contributed by atoms with Crippen LogP contribution in [0, 0.1) is 5.92 Å². The lowest BCUT2D eigenvalue weighted by Gasteiger charge is -2.11. The number of rotatable bonds is 5. The molecule has 0 atom stereocenters. The first-order valence-electron chi connectivity index (χ1n) is 5.26. The molecule has 6 heteroatoms. The van der Waals surface area contributed by atoms with Gasteiger partial charge >= 0.3 is 0 Å². The summed E-state index contributed by atoms with van der Waals surface area (Å²) in [5, 5.41) is 0. The molecule has 0 saturated heterocycles. The zero-order chi connectivity index (χ0) is 12.5. The standard InChI is InChI=1S/C11H13ClO4S/c1-15-10-5-4-9(17(12,13)14)6-11(10)16-7-8-2-3-8/h4-6,8H,2-3,7H2,1H3. The van der Waals surface area contributed by atoms with Gasteiger partial charge in [0.1, 0.15) is 0 Å². The highest BCUT2D eigenvalue weighted by atomic mass is 35.7. The largest absolute Gasteiger partial charge is 0.493 e. The molecule has 1 saturated carbocycles. The molecule has 0 heterocycles. The van der Waals surface area contributed by atoms with Crippen LogP contribution >= 0.6 is 10.7 Å². The van der Waals surface area contributed by atoms with Crippen LogP contribution in [-0.2, 0) is 9.05 Å². The predicted octanol–water partition coefficient (Wildman–Crippen LogP) is 2.41. The molecule has 1 aromatic carbocycles. The normalized spacial score (nSPS) is 15.6. The number of hydrogen-bond donors (Lipinski definition) is 0. The molecule has 0 radical (unpaired) electrons. The Balaban J connectivity index is 2.24. The van der Waals surface area contributed by atoms with Crippen LogP contribution in [0.2, 0.25) is 0 Å². The Morgan fingerprint density at radius 3 is 2.59 bits per heavy atom. The van der Waals surface area contributed by atoms with Crippen molar-refractivity contribution in [3.8, 4) is 11.5 Å². The van der Waals surface area contributed by atoms with Gasteiger partial charge in [0.05, 0.1) is 18.6 Å². The average molecular weight is 277 g/mol. The average Bonchev–Trinajstić information content (AvgIpc) is 3.08. The minimum atomic E-state index is -3.74. The molecular weight excluding hydrogens is 264 g/mol. The first kappa shape index (κ1) is 12.5. The van der Waals surface area contributed by atoms with E-state index in [9.17, 15) is 8.42 Å². The summed E-state index contributed by atoms with van der Waals surface area (Å²) in [7, 11) is 3.05. The van der Waals surface area contributed by atoms with E-state index >= 15 is 0 Å². The van der Waals surface area contributed by atoms with Gasteiger partial charge in [0.25, 0.3) is 9.05 Å². The lowest BCUT2D eigenvalue weighted by atomic mass is 10.3. The van der Waals surface area contributed by atoms with Crippen molar-refractivity contribution in [2.24, 2.45) is 5.92 Å². The number of benzene rings is 1. The molecule has 94 valence electrons. The lowest BCUT2D eigenvalue weighted by Crippen LogP contribution is -2.02. The van der Waals surface area contributed by atoms with E-state index in [0.29, 0.717) is 24.0 Å². The minimum Gasteiger partial charge on any atom is -0.493 e. The fourth-order valence-corrected chi connectivity index (χ4v) is 2.18. The Labute approximate surface area is 105 Å². The molecule has 0 N–H and O–H groups in total. The summed E-state index contributed by atoms with van der Waals surface area (Å²) >= 11 is 0. The summed E-state index contributed by atoms with van der Waals surface area (Å²) in [6.45, 7) is 0.585. The third-order valence-corrected chi connectivity index (χ3v) is 3.94. The fraction of sp³-hybridized carbons (Fsp3) is 0.455. The first-order valence-corrected chi connectivity index (χ1v) is 7.57. The summed E-state index contributed by atoms with van der Waals surface area (Å²) in [5.74, 6) is 1.51. The maximum absolute atomic E-state index is 11.2. The fourth-order valence-electron chi connectivity index (χ4n) is 1.41. The molecule has 0 bridgehead atoms. The highest BCUT2D eigenvalue weighted by molar-refractivity contribution is 8.13. The molecule has 1 aliphatic rings. The highest BCUT2D eigenvalue weighted by Gasteiger charge is 2.23. The van der Waals surface area contributed by atoms with Gasteiger partial charge in [-0.3, -0.25) is 0 Å². The van der Waals surface area contributed by atoms with Crippen molar-refractivity contribution in [3.63, 3.8) is 0 Å². The summed E-state index contributed by atoms with van der Waals surface area (Å²) in [5.41, 5.74) is 0. The van der Waals surface area contributed by atoms with Crippen molar-refractivity contribution < 1.29 is 17.9 Å². The third kappa shape index (κ3) is 3.26. The Bertz CT molecular complexity index is 508. The van der Waals surface area contributed by atoms with Crippen LogP contribution in [0.3, 0.4) is 0 Å². The Hall–Kier alpha value is -0.940. The lowest BCUT2D eigenvalue weighted by molar-refractivity contribution is 0.279. The second-order valence-electron chi connectivity index (χ2n) is 4.00. The molecule has 1 aliphatic carbocycles. The molecule has 0 unspecified atom stereocenters. The Morgan fingerprint density at radius 1 is 1.35 bits per heavy atom. The van der Waals surface area contributed by atoms with Gasteiger partial charge in [-0.25, -0.2) is 8.42 Å². The highest BCUT2D eigenvalue weighted by Crippen LogP contribution is 2.34. The van der Waals surface area contributed by atoms with Gasteiger partial charge in [0.15, 0.2) is 11.5 Å². The Morgan fingerprint density at radius 2 is 2.06 bits per heavy atom. The van der Waals surface area contributed by atoms with Crippen LogP contribution in [0.5, 0.6) is 11.5 Å². The van der Waals surface area contributed by atoms with Gasteiger partial charge in [0, 0.05) is 16.7 Å². The maximum atomic E-state index is 11.2. The summed E-state index contributed by atoms with van der Waals surface area (Å²) < 4.78 is 33.1. The summed E-state index contributed by atoms with van der Waals surface area (Å²) in [6, 6.07) is 4.33. The third-order valence-electron chi connectivity index (χ3n) is 2.59. The molecule has 17 heavy (non-hydrogen) atoms. The number of hydrogen-bond acceptors (Lipinski definition) is 4. The Kier molecular flexibility index (Phi) is 3.49. The van der Waals surface area contributed by atoms with Crippen LogP contribution in [0.15, 0.2) is 23.1 Å². The maximum Gasteiger partial charge on any atom is 0.261 e. The van der Waals surface area contributed by atoms with Crippen LogP contribution in [-0.4, -0.2) is 22.1 Å². The van der Waals surface area contributed by atoms with Gasteiger partial charge in [-0.1, -0.05) is 0 Å². The quantitative estimate of drug-likeness (QED) is 0.775. The van der Waals surface area contributed by atoms with Crippen molar-refractivity contribution >= 4 is 19.7 Å². The number of methoxy groups -OCH3 is 1. The molecule has 4 nitrogen and oxygen atoms in total. The van der Waals surface area contributed by atoms with Crippen LogP contribution < -0.4 is 9.47 Å². The van der Waals surface area contributed by atoms with E-state index in [1.807, 2.05) is 0 Å². The van der Waals surface area contributed by atoms with E-state index in [-0.39, 0.29) is 4.90 Å². The number of ether oxygens (including phenoxy) is 2. The van der Waals surface area contributed by atoms with Crippen LogP contribution in [0.25, 0.3) is 0 Å². The van der Waals surface area contributed by atoms with Gasteiger partial charge < -0.3 is 9.47 Å². The van der Waals surface area contributed by atoms with Crippen molar-refractivity contribution in [2.75, 3.05) is 13.7 Å². The van der Waals surface area contributed by atoms with Gasteiger partial charge in [0.2, 0.25) is 0 Å². The second-order valence-corrected chi connectivity index (χ2v) is 6.57. The van der Waals surface area contributed by atoms with Crippen molar-refractivity contribution in [2.45, 2.75) is 17.7 Å². The van der Waals surface area contributed by atoms with Crippen LogP contribution in [0.1, 0.15) is 12.8 Å². The summed E-state index contributed by atoms with van der Waals surface area (Å²) in [6.07, 6.45) is 2.33. The van der Waals surface area contributed by atoms with E-state index in [1.54, 1.807) is 0 Å². The molecule has 1 fully saturated rings. The molecular formula is C11H13ClO4S. The van der Waals surface area contributed by atoms with E-state index in [1.165, 1.54) is 25.3 Å². The second kappa shape index (κ2) is 4.74. The van der Waals surface area contributed by atoms with Crippen LogP contribution in [0.4, 0.5) is 0 Å². The SMILES string of the molecule is COc1ccc(S(=O)(=O)Cl)cc1OCC1CC1. The smallest absolute Gasteiger partial charge is 0.261 e. The monoisotopic (exact) mass is 276 g/mol. The topological polar surface area (TPSA) is 52.6 Å². The van der Waals surface area contributed by atoms with Crippen molar-refractivity contribution in [3.05, 3.63) is 18.2 Å². The summed E-state index contributed by atoms with van der Waals surface area (Å²) in [4.78, 5) is 0.0192. The molecule has 0 aromatic heterocycles. The minimum absolute atomic E-state index is 0.0192. The van der Waals surface area contributed by atoms with E-state index in [2.05, 4.69) is 0 Å². The number of halogens is 1. The van der Waals surface area contributed by atoms with E-state index < -0.39 is 9.05 Å². The van der Waals surface area contributed by atoms with E-state index in [0.717, 1.165) is 12.8 Å². The first-order chi connectivity index (χ1) is 8.00. The predicted molar refractivity (Wildman–Crippen MR) is 64.3 cm³/mol. The zero-order valence-corrected chi connectivity index (χ0v) is 10.9. The zero-order valence-electron chi connectivity index (χ0n) is 9.35. The van der Waals surface area contributed by atoms with Crippen molar-refractivity contribution in [1.82, 2.24) is 0 Å².